The highest BCUT2D eigenvalue weighted by Crippen LogP contribution is 2.25. The van der Waals surface area contributed by atoms with Crippen LogP contribution in [-0.4, -0.2) is 25.7 Å². The molecule has 0 aliphatic carbocycles. The molecule has 174 valence electrons. The van der Waals surface area contributed by atoms with Crippen molar-refractivity contribution >= 4 is 16.9 Å². The van der Waals surface area contributed by atoms with Gasteiger partial charge in [-0.1, -0.05) is 55.5 Å². The molecule has 1 N–H and O–H groups in total. The standard InChI is InChI=1S/C28H27NO5/c1-2-15-29-18-21(28(31)33-22-11-7-4-8-12-22)19-32-23-13-14-24-25(30)17-26(34-27(24)16-23)20-9-5-3-6-10-20/h3-14,16-17,21,29H,2,15,18-19H2,1H3. The fourth-order valence-electron chi connectivity index (χ4n) is 3.52. The molecule has 0 aliphatic rings. The second kappa shape index (κ2) is 11.3. The maximum atomic E-state index is 12.8. The summed E-state index contributed by atoms with van der Waals surface area (Å²) < 4.78 is 17.5. The van der Waals surface area contributed by atoms with Crippen molar-refractivity contribution in [3.8, 4) is 22.8 Å². The third-order valence-corrected chi connectivity index (χ3v) is 5.32. The Morgan fingerprint density at radius 1 is 0.941 bits per heavy atom. The Kier molecular flexibility index (Phi) is 7.73. The summed E-state index contributed by atoms with van der Waals surface area (Å²) in [5, 5.41) is 3.73. The first kappa shape index (κ1) is 23.3. The van der Waals surface area contributed by atoms with Crippen molar-refractivity contribution in [3.63, 3.8) is 0 Å². The smallest absolute Gasteiger partial charge is 0.319 e. The number of esters is 1. The number of fused-ring (bicyclic) bond motifs is 1. The molecule has 0 saturated heterocycles. The van der Waals surface area contributed by atoms with E-state index in [0.717, 1.165) is 18.5 Å². The Morgan fingerprint density at radius 2 is 1.68 bits per heavy atom. The Bertz CT molecular complexity index is 1280. The average molecular weight is 458 g/mol. The highest BCUT2D eigenvalue weighted by atomic mass is 16.5. The molecule has 1 aromatic heterocycles. The quantitative estimate of drug-likeness (QED) is 0.204. The number of benzene rings is 3. The van der Waals surface area contributed by atoms with E-state index >= 15 is 0 Å². The minimum atomic E-state index is -0.509. The summed E-state index contributed by atoms with van der Waals surface area (Å²) in [6.45, 7) is 3.41. The molecule has 6 heteroatoms. The second-order valence-corrected chi connectivity index (χ2v) is 7.95. The first-order valence-electron chi connectivity index (χ1n) is 11.4. The normalized spacial score (nSPS) is 11.8. The van der Waals surface area contributed by atoms with E-state index in [-0.39, 0.29) is 18.0 Å². The van der Waals surface area contributed by atoms with E-state index in [0.29, 0.717) is 34.8 Å². The maximum absolute atomic E-state index is 12.8. The molecule has 0 saturated carbocycles. The lowest BCUT2D eigenvalue weighted by molar-refractivity contribution is -0.139. The number of carbonyl (C=O) groups is 1. The predicted molar refractivity (Wildman–Crippen MR) is 132 cm³/mol. The van der Waals surface area contributed by atoms with Crippen molar-refractivity contribution in [2.24, 2.45) is 5.92 Å². The number of hydrogen-bond donors (Lipinski definition) is 1. The van der Waals surface area contributed by atoms with Crippen molar-refractivity contribution in [2.45, 2.75) is 13.3 Å². The highest BCUT2D eigenvalue weighted by Gasteiger charge is 2.22. The summed E-state index contributed by atoms with van der Waals surface area (Å²) in [5.41, 5.74) is 1.12. The van der Waals surface area contributed by atoms with Gasteiger partial charge in [0.15, 0.2) is 5.43 Å². The van der Waals surface area contributed by atoms with Crippen LogP contribution in [0.15, 0.2) is 94.1 Å². The maximum Gasteiger partial charge on any atom is 0.319 e. The van der Waals surface area contributed by atoms with E-state index in [1.165, 1.54) is 6.07 Å². The van der Waals surface area contributed by atoms with Crippen molar-refractivity contribution in [2.75, 3.05) is 19.7 Å². The highest BCUT2D eigenvalue weighted by molar-refractivity contribution is 5.80. The lowest BCUT2D eigenvalue weighted by Gasteiger charge is -2.17. The van der Waals surface area contributed by atoms with E-state index in [4.69, 9.17) is 13.9 Å². The first-order valence-corrected chi connectivity index (χ1v) is 11.4. The summed E-state index contributed by atoms with van der Waals surface area (Å²) in [4.78, 5) is 25.4. The molecule has 0 bridgehead atoms. The molecule has 1 atom stereocenters. The van der Waals surface area contributed by atoms with Crippen LogP contribution in [0.3, 0.4) is 0 Å². The summed E-state index contributed by atoms with van der Waals surface area (Å²) >= 11 is 0. The molecule has 6 nitrogen and oxygen atoms in total. The number of hydrogen-bond acceptors (Lipinski definition) is 6. The minimum absolute atomic E-state index is 0.122. The van der Waals surface area contributed by atoms with Crippen LogP contribution in [0.4, 0.5) is 0 Å². The van der Waals surface area contributed by atoms with Crippen LogP contribution < -0.4 is 20.2 Å². The molecule has 3 aromatic carbocycles. The lowest BCUT2D eigenvalue weighted by Crippen LogP contribution is -2.35. The topological polar surface area (TPSA) is 77.8 Å². The van der Waals surface area contributed by atoms with Gasteiger partial charge in [-0.3, -0.25) is 9.59 Å². The first-order chi connectivity index (χ1) is 16.6. The molecule has 0 spiro atoms. The molecule has 0 amide bonds. The molecule has 0 radical (unpaired) electrons. The molecule has 0 aliphatic heterocycles. The Hall–Kier alpha value is -3.90. The fourth-order valence-corrected chi connectivity index (χ4v) is 3.52. The van der Waals surface area contributed by atoms with Crippen molar-refractivity contribution in [1.29, 1.82) is 0 Å². The average Bonchev–Trinajstić information content (AvgIpc) is 2.87. The third kappa shape index (κ3) is 5.91. The van der Waals surface area contributed by atoms with E-state index in [9.17, 15) is 9.59 Å². The number of nitrogens with one attached hydrogen (secondary N) is 1. The zero-order chi connectivity index (χ0) is 23.8. The van der Waals surface area contributed by atoms with Crippen LogP contribution in [0, 0.1) is 5.92 Å². The van der Waals surface area contributed by atoms with Gasteiger partial charge in [-0.05, 0) is 37.2 Å². The molecular formula is C28H27NO5. The summed E-state index contributed by atoms with van der Waals surface area (Å²) in [6.07, 6.45) is 0.953. The number of ether oxygens (including phenoxy) is 2. The van der Waals surface area contributed by atoms with Gasteiger partial charge in [0.25, 0.3) is 0 Å². The molecule has 1 heterocycles. The van der Waals surface area contributed by atoms with E-state index in [1.54, 1.807) is 30.3 Å². The van der Waals surface area contributed by atoms with Crippen molar-refractivity contribution in [3.05, 3.63) is 95.2 Å². The molecular weight excluding hydrogens is 430 g/mol. The molecule has 4 aromatic rings. The van der Waals surface area contributed by atoms with Gasteiger partial charge in [0, 0.05) is 24.2 Å². The lowest BCUT2D eigenvalue weighted by atomic mass is 10.1. The van der Waals surface area contributed by atoms with E-state index in [1.807, 2.05) is 48.5 Å². The largest absolute Gasteiger partial charge is 0.493 e. The van der Waals surface area contributed by atoms with Gasteiger partial charge in [-0.2, -0.15) is 0 Å². The van der Waals surface area contributed by atoms with Gasteiger partial charge < -0.3 is 19.2 Å². The number of rotatable bonds is 10. The molecule has 4 rings (SSSR count). The van der Waals surface area contributed by atoms with Crippen LogP contribution in [0.5, 0.6) is 11.5 Å². The Morgan fingerprint density at radius 3 is 2.41 bits per heavy atom. The van der Waals surface area contributed by atoms with Gasteiger partial charge in [0.05, 0.1) is 5.39 Å². The summed E-state index contributed by atoms with van der Waals surface area (Å²) in [6, 6.07) is 25.0. The van der Waals surface area contributed by atoms with Crippen LogP contribution in [0.25, 0.3) is 22.3 Å². The van der Waals surface area contributed by atoms with Gasteiger partial charge in [-0.15, -0.1) is 0 Å². The van der Waals surface area contributed by atoms with Crippen LogP contribution in [-0.2, 0) is 4.79 Å². The molecule has 34 heavy (non-hydrogen) atoms. The van der Waals surface area contributed by atoms with Crippen LogP contribution >= 0.6 is 0 Å². The van der Waals surface area contributed by atoms with Crippen LogP contribution in [0.1, 0.15) is 13.3 Å². The summed E-state index contributed by atoms with van der Waals surface area (Å²) in [5.74, 6) is 0.615. The zero-order valence-electron chi connectivity index (χ0n) is 19.0. The SMILES string of the molecule is CCCNCC(COc1ccc2c(=O)cc(-c3ccccc3)oc2c1)C(=O)Oc1ccccc1. The Labute approximate surface area is 198 Å². The van der Waals surface area contributed by atoms with E-state index in [2.05, 4.69) is 12.2 Å². The second-order valence-electron chi connectivity index (χ2n) is 7.95. The number of para-hydroxylation sites is 1. The van der Waals surface area contributed by atoms with Gasteiger partial charge >= 0.3 is 5.97 Å². The van der Waals surface area contributed by atoms with Crippen molar-refractivity contribution in [1.82, 2.24) is 5.32 Å². The molecule has 0 fully saturated rings. The van der Waals surface area contributed by atoms with E-state index < -0.39 is 5.92 Å². The predicted octanol–water partition coefficient (Wildman–Crippen LogP) is 5.06. The summed E-state index contributed by atoms with van der Waals surface area (Å²) in [7, 11) is 0. The third-order valence-electron chi connectivity index (χ3n) is 5.32. The Balaban J connectivity index is 1.51. The van der Waals surface area contributed by atoms with Gasteiger partial charge in [0.2, 0.25) is 0 Å². The van der Waals surface area contributed by atoms with Gasteiger partial charge in [-0.25, -0.2) is 0 Å². The monoisotopic (exact) mass is 457 g/mol. The van der Waals surface area contributed by atoms with Crippen LogP contribution in [0.2, 0.25) is 0 Å². The zero-order valence-corrected chi connectivity index (χ0v) is 19.0. The minimum Gasteiger partial charge on any atom is -0.493 e. The van der Waals surface area contributed by atoms with Gasteiger partial charge in [0.1, 0.15) is 35.4 Å². The molecule has 1 unspecified atom stereocenters. The number of carbonyl (C=O) groups excluding carboxylic acids is 1. The fraction of sp³-hybridized carbons (Fsp3) is 0.214. The van der Waals surface area contributed by atoms with Crippen molar-refractivity contribution < 1.29 is 18.7 Å².